The fourth-order valence-corrected chi connectivity index (χ4v) is 2.75. The number of carbonyl (C=O) groups excluding carboxylic acids is 1. The molecule has 0 radical (unpaired) electrons. The second kappa shape index (κ2) is 8.72. The number of amides is 2. The molecule has 6 heteroatoms. The molecule has 5 nitrogen and oxygen atoms in total. The summed E-state index contributed by atoms with van der Waals surface area (Å²) in [6.45, 7) is 1.94. The van der Waals surface area contributed by atoms with E-state index in [1.54, 1.807) is 12.1 Å². The summed E-state index contributed by atoms with van der Waals surface area (Å²) < 4.78 is 19.7. The second-order valence-electron chi connectivity index (χ2n) is 5.89. The number of hydrogen-bond acceptors (Lipinski definition) is 3. The number of nitrogens with one attached hydrogen (secondary N) is 2. The van der Waals surface area contributed by atoms with Gasteiger partial charge in [-0.2, -0.15) is 0 Å². The van der Waals surface area contributed by atoms with Gasteiger partial charge in [-0.15, -0.1) is 0 Å². The summed E-state index contributed by atoms with van der Waals surface area (Å²) in [7, 11) is 0. The number of anilines is 1. The van der Waals surface area contributed by atoms with Crippen molar-refractivity contribution in [3.8, 4) is 5.75 Å². The molecule has 3 N–H and O–H groups in total. The van der Waals surface area contributed by atoms with Gasteiger partial charge in [-0.1, -0.05) is 6.92 Å². The number of ether oxygens (including phenoxy) is 1. The van der Waals surface area contributed by atoms with Crippen LogP contribution in [0.25, 0.3) is 0 Å². The molecule has 0 aliphatic heterocycles. The van der Waals surface area contributed by atoms with E-state index in [-0.39, 0.29) is 24.5 Å². The standard InChI is InChI=1S/C17H25FN2O3/c1-2-12(9-10-21)19-17(22)20-13-7-8-16(15(18)11-13)23-14-5-3-4-6-14/h7-8,11-12,14,21H,2-6,9-10H2,1H3,(H2,19,20,22). The molecular formula is C17H25FN2O3. The first-order valence-electron chi connectivity index (χ1n) is 8.27. The van der Waals surface area contributed by atoms with Crippen molar-refractivity contribution in [1.82, 2.24) is 5.32 Å². The molecule has 128 valence electrons. The van der Waals surface area contributed by atoms with Crippen molar-refractivity contribution >= 4 is 11.7 Å². The van der Waals surface area contributed by atoms with Crippen LogP contribution >= 0.6 is 0 Å². The zero-order valence-corrected chi connectivity index (χ0v) is 13.5. The van der Waals surface area contributed by atoms with Gasteiger partial charge in [-0.05, 0) is 50.7 Å². The summed E-state index contributed by atoms with van der Waals surface area (Å²) in [6, 6.07) is 3.93. The molecule has 1 fully saturated rings. The van der Waals surface area contributed by atoms with Crippen LogP contribution in [0.5, 0.6) is 5.75 Å². The average molecular weight is 324 g/mol. The molecule has 1 atom stereocenters. The maximum atomic E-state index is 14.1. The minimum absolute atomic E-state index is 0.0145. The van der Waals surface area contributed by atoms with Crippen LogP contribution in [0.2, 0.25) is 0 Å². The van der Waals surface area contributed by atoms with Crippen LogP contribution in [0.15, 0.2) is 18.2 Å². The fraction of sp³-hybridized carbons (Fsp3) is 0.588. The molecule has 1 aromatic rings. The van der Waals surface area contributed by atoms with Crippen molar-refractivity contribution in [3.05, 3.63) is 24.0 Å². The molecule has 0 heterocycles. The third-order valence-electron chi connectivity index (χ3n) is 4.09. The molecule has 1 aromatic carbocycles. The maximum Gasteiger partial charge on any atom is 0.319 e. The molecule has 23 heavy (non-hydrogen) atoms. The Morgan fingerprint density at radius 3 is 2.78 bits per heavy atom. The van der Waals surface area contributed by atoms with Crippen molar-refractivity contribution in [2.45, 2.75) is 57.6 Å². The van der Waals surface area contributed by atoms with Gasteiger partial charge < -0.3 is 20.5 Å². The van der Waals surface area contributed by atoms with Gasteiger partial charge in [0.05, 0.1) is 6.10 Å². The minimum Gasteiger partial charge on any atom is -0.487 e. The molecule has 2 rings (SSSR count). The Hall–Kier alpha value is -1.82. The van der Waals surface area contributed by atoms with Crippen LogP contribution in [-0.2, 0) is 0 Å². The Labute approximate surface area is 136 Å². The molecule has 0 saturated heterocycles. The highest BCUT2D eigenvalue weighted by atomic mass is 19.1. The van der Waals surface area contributed by atoms with Gasteiger partial charge in [0.15, 0.2) is 11.6 Å². The van der Waals surface area contributed by atoms with Gasteiger partial charge in [-0.3, -0.25) is 0 Å². The third kappa shape index (κ3) is 5.39. The second-order valence-corrected chi connectivity index (χ2v) is 5.89. The predicted octanol–water partition coefficient (Wildman–Crippen LogP) is 3.43. The van der Waals surface area contributed by atoms with Crippen LogP contribution < -0.4 is 15.4 Å². The van der Waals surface area contributed by atoms with Crippen LogP contribution in [0.1, 0.15) is 45.4 Å². The number of aliphatic hydroxyl groups excluding tert-OH is 1. The Balaban J connectivity index is 1.90. The van der Waals surface area contributed by atoms with Crippen molar-refractivity contribution in [2.24, 2.45) is 0 Å². The zero-order valence-electron chi connectivity index (χ0n) is 13.5. The maximum absolute atomic E-state index is 14.1. The monoisotopic (exact) mass is 324 g/mol. The van der Waals surface area contributed by atoms with Crippen LogP contribution in [0, 0.1) is 5.82 Å². The van der Waals surface area contributed by atoms with Crippen molar-refractivity contribution in [1.29, 1.82) is 0 Å². The van der Waals surface area contributed by atoms with Crippen molar-refractivity contribution < 1.29 is 19.0 Å². The van der Waals surface area contributed by atoms with E-state index in [0.717, 1.165) is 32.1 Å². The number of halogens is 1. The van der Waals surface area contributed by atoms with E-state index in [2.05, 4.69) is 10.6 Å². The van der Waals surface area contributed by atoms with Gasteiger partial charge in [0, 0.05) is 24.4 Å². The molecule has 1 aliphatic carbocycles. The Morgan fingerprint density at radius 1 is 1.43 bits per heavy atom. The van der Waals surface area contributed by atoms with Crippen molar-refractivity contribution in [3.63, 3.8) is 0 Å². The third-order valence-corrected chi connectivity index (χ3v) is 4.09. The Kier molecular flexibility index (Phi) is 6.65. The number of benzene rings is 1. The van der Waals surface area contributed by atoms with E-state index in [0.29, 0.717) is 12.1 Å². The fourth-order valence-electron chi connectivity index (χ4n) is 2.75. The first kappa shape index (κ1) is 17.5. The summed E-state index contributed by atoms with van der Waals surface area (Å²) in [6.07, 6.45) is 5.48. The van der Waals surface area contributed by atoms with Gasteiger partial charge in [0.1, 0.15) is 0 Å². The average Bonchev–Trinajstić information content (AvgIpc) is 3.02. The lowest BCUT2D eigenvalue weighted by atomic mass is 10.2. The lowest BCUT2D eigenvalue weighted by Crippen LogP contribution is -2.38. The normalized spacial score (nSPS) is 16.1. The Morgan fingerprint density at radius 2 is 2.17 bits per heavy atom. The quantitative estimate of drug-likeness (QED) is 0.719. The summed E-state index contributed by atoms with van der Waals surface area (Å²) in [5.74, 6) is -0.244. The number of carbonyl (C=O) groups is 1. The number of hydrogen-bond donors (Lipinski definition) is 3. The van der Waals surface area contributed by atoms with Crippen LogP contribution in [0.4, 0.5) is 14.9 Å². The van der Waals surface area contributed by atoms with E-state index < -0.39 is 11.8 Å². The summed E-state index contributed by atoms with van der Waals surface area (Å²) in [5.41, 5.74) is 0.373. The highest BCUT2D eigenvalue weighted by Gasteiger charge is 2.18. The van der Waals surface area contributed by atoms with Crippen LogP contribution in [0.3, 0.4) is 0 Å². The zero-order chi connectivity index (χ0) is 16.7. The van der Waals surface area contributed by atoms with Gasteiger partial charge >= 0.3 is 6.03 Å². The first-order chi connectivity index (χ1) is 11.1. The lowest BCUT2D eigenvalue weighted by Gasteiger charge is -2.17. The smallest absolute Gasteiger partial charge is 0.319 e. The molecular weight excluding hydrogens is 299 g/mol. The highest BCUT2D eigenvalue weighted by molar-refractivity contribution is 5.89. The predicted molar refractivity (Wildman–Crippen MR) is 87.2 cm³/mol. The molecule has 1 aliphatic rings. The lowest BCUT2D eigenvalue weighted by molar-refractivity contribution is 0.201. The SMILES string of the molecule is CCC(CCO)NC(=O)Nc1ccc(OC2CCCC2)c(F)c1. The summed E-state index contributed by atoms with van der Waals surface area (Å²) in [4.78, 5) is 11.9. The molecule has 2 amide bonds. The molecule has 0 bridgehead atoms. The number of urea groups is 1. The van der Waals surface area contributed by atoms with E-state index in [1.165, 1.54) is 6.07 Å². The molecule has 1 saturated carbocycles. The summed E-state index contributed by atoms with van der Waals surface area (Å²) in [5, 5.41) is 14.3. The van der Waals surface area contributed by atoms with Gasteiger partial charge in [0.25, 0.3) is 0 Å². The van der Waals surface area contributed by atoms with Crippen molar-refractivity contribution in [2.75, 3.05) is 11.9 Å². The molecule has 0 aromatic heterocycles. The first-order valence-corrected chi connectivity index (χ1v) is 8.27. The topological polar surface area (TPSA) is 70.6 Å². The van der Waals surface area contributed by atoms with E-state index in [9.17, 15) is 9.18 Å². The van der Waals surface area contributed by atoms with E-state index >= 15 is 0 Å². The molecule has 0 spiro atoms. The number of aliphatic hydroxyl groups is 1. The highest BCUT2D eigenvalue weighted by Crippen LogP contribution is 2.27. The van der Waals surface area contributed by atoms with E-state index in [1.807, 2.05) is 6.92 Å². The van der Waals surface area contributed by atoms with E-state index in [4.69, 9.17) is 9.84 Å². The largest absolute Gasteiger partial charge is 0.487 e. The van der Waals surface area contributed by atoms with Gasteiger partial charge in [-0.25, -0.2) is 9.18 Å². The van der Waals surface area contributed by atoms with Crippen LogP contribution in [-0.4, -0.2) is 29.9 Å². The number of rotatable bonds is 7. The minimum atomic E-state index is -0.475. The summed E-state index contributed by atoms with van der Waals surface area (Å²) >= 11 is 0. The molecule has 1 unspecified atom stereocenters. The Bertz CT molecular complexity index is 519. The van der Waals surface area contributed by atoms with Gasteiger partial charge in [0.2, 0.25) is 0 Å².